The lowest BCUT2D eigenvalue weighted by atomic mass is 9.81. The van der Waals surface area contributed by atoms with E-state index in [1.54, 1.807) is 24.3 Å². The molecule has 5 rings (SSSR count). The van der Waals surface area contributed by atoms with E-state index >= 15 is 0 Å². The molecule has 1 saturated heterocycles. The largest absolute Gasteiger partial charge is 0.452 e. The van der Waals surface area contributed by atoms with Gasteiger partial charge in [0.15, 0.2) is 6.61 Å². The number of benzene rings is 2. The van der Waals surface area contributed by atoms with Crippen LogP contribution in [0.2, 0.25) is 0 Å². The molecular weight excluding hydrogens is 408 g/mol. The van der Waals surface area contributed by atoms with Gasteiger partial charge in [0.2, 0.25) is 11.8 Å². The molecule has 2 aliphatic carbocycles. The van der Waals surface area contributed by atoms with E-state index in [-0.39, 0.29) is 29.2 Å². The van der Waals surface area contributed by atoms with Gasteiger partial charge in [-0.05, 0) is 74.4 Å². The van der Waals surface area contributed by atoms with E-state index in [2.05, 4.69) is 5.32 Å². The zero-order chi connectivity index (χ0) is 22.4. The van der Waals surface area contributed by atoms with Gasteiger partial charge in [0.25, 0.3) is 5.91 Å². The minimum atomic E-state index is -0.649. The first-order valence-electron chi connectivity index (χ1n) is 10.9. The van der Waals surface area contributed by atoms with E-state index in [9.17, 15) is 19.2 Å². The Balaban J connectivity index is 1.20. The number of nitrogens with zero attached hydrogens (tertiary/aromatic N) is 1. The monoisotopic (exact) mass is 432 g/mol. The normalized spacial score (nSPS) is 25.7. The van der Waals surface area contributed by atoms with Gasteiger partial charge in [0.05, 0.1) is 23.1 Å². The van der Waals surface area contributed by atoms with Gasteiger partial charge >= 0.3 is 5.97 Å². The van der Waals surface area contributed by atoms with E-state index in [1.165, 1.54) is 17.0 Å². The number of hydrogen-bond donors (Lipinski definition) is 1. The van der Waals surface area contributed by atoms with Crippen LogP contribution < -0.4 is 10.2 Å². The maximum atomic E-state index is 12.9. The summed E-state index contributed by atoms with van der Waals surface area (Å²) in [6.07, 6.45) is 3.05. The first-order chi connectivity index (χ1) is 15.4. The molecule has 1 N–H and O–H groups in total. The van der Waals surface area contributed by atoms with Gasteiger partial charge in [-0.25, -0.2) is 4.79 Å². The lowest BCUT2D eigenvalue weighted by molar-refractivity contribution is -0.123. The summed E-state index contributed by atoms with van der Waals surface area (Å²) < 4.78 is 5.09. The zero-order valence-corrected chi connectivity index (χ0v) is 17.7. The van der Waals surface area contributed by atoms with Crippen LogP contribution in [0.1, 0.15) is 35.2 Å². The molecule has 2 bridgehead atoms. The summed E-state index contributed by atoms with van der Waals surface area (Å²) in [5.74, 6) is -1.03. The number of fused-ring (bicyclic) bond motifs is 5. The van der Waals surface area contributed by atoms with Crippen molar-refractivity contribution in [3.8, 4) is 0 Å². The van der Waals surface area contributed by atoms with E-state index in [1.807, 2.05) is 19.1 Å². The van der Waals surface area contributed by atoms with Gasteiger partial charge in [-0.2, -0.15) is 0 Å². The Morgan fingerprint density at radius 1 is 0.938 bits per heavy atom. The van der Waals surface area contributed by atoms with E-state index in [0.29, 0.717) is 23.2 Å². The van der Waals surface area contributed by atoms with Crippen LogP contribution in [-0.2, 0) is 19.1 Å². The molecule has 3 aliphatic rings. The number of esters is 1. The predicted octanol–water partition coefficient (Wildman–Crippen LogP) is 3.33. The highest BCUT2D eigenvalue weighted by Gasteiger charge is 2.61. The Kier molecular flexibility index (Phi) is 5.04. The number of carbonyl (C=O) groups excluding carboxylic acids is 4. The molecule has 32 heavy (non-hydrogen) atoms. The maximum absolute atomic E-state index is 12.9. The Bertz CT molecular complexity index is 1060. The van der Waals surface area contributed by atoms with Crippen LogP contribution in [0.15, 0.2) is 48.5 Å². The van der Waals surface area contributed by atoms with Crippen molar-refractivity contribution < 1.29 is 23.9 Å². The molecule has 0 aromatic heterocycles. The van der Waals surface area contributed by atoms with E-state index in [4.69, 9.17) is 4.74 Å². The molecule has 3 fully saturated rings. The fourth-order valence-electron chi connectivity index (χ4n) is 5.46. The molecule has 2 aromatic carbocycles. The molecule has 3 amide bonds. The Hall–Kier alpha value is -3.48. The van der Waals surface area contributed by atoms with Crippen molar-refractivity contribution in [3.05, 3.63) is 59.7 Å². The summed E-state index contributed by atoms with van der Waals surface area (Å²) in [5, 5.41) is 2.67. The fraction of sp³-hybridized carbons (Fsp3) is 0.360. The standard InChI is InChI=1S/C25H24N2O5/c1-14-2-8-18(9-3-14)26-20(28)13-32-25(31)15-6-10-19(11-7-15)27-23(29)21-16-4-5-17(12-16)22(21)24(27)30/h2-3,6-11,16-17,21-22H,4-5,12-13H2,1H3,(H,26,28)/t16-,17-,21+,22+/m0/s1. The van der Waals surface area contributed by atoms with E-state index in [0.717, 1.165) is 24.8 Å². The molecule has 0 radical (unpaired) electrons. The van der Waals surface area contributed by atoms with Gasteiger partial charge in [-0.1, -0.05) is 17.7 Å². The summed E-state index contributed by atoms with van der Waals surface area (Å²) in [5.41, 5.74) is 2.42. The van der Waals surface area contributed by atoms with Crippen LogP contribution in [-0.4, -0.2) is 30.3 Å². The third-order valence-corrected chi connectivity index (χ3v) is 6.96. The van der Waals surface area contributed by atoms with E-state index < -0.39 is 18.5 Å². The predicted molar refractivity (Wildman–Crippen MR) is 117 cm³/mol. The second-order valence-corrected chi connectivity index (χ2v) is 8.93. The summed E-state index contributed by atoms with van der Waals surface area (Å²) in [4.78, 5) is 51.5. The molecule has 0 unspecified atom stereocenters. The average molecular weight is 432 g/mol. The lowest BCUT2D eigenvalue weighted by Gasteiger charge is -2.19. The molecule has 7 heteroatoms. The van der Waals surface area contributed by atoms with Crippen LogP contribution in [0.3, 0.4) is 0 Å². The van der Waals surface area contributed by atoms with Crippen molar-refractivity contribution in [1.29, 1.82) is 0 Å². The van der Waals surface area contributed by atoms with Gasteiger partial charge in [0.1, 0.15) is 0 Å². The third kappa shape index (κ3) is 3.47. The molecule has 1 aliphatic heterocycles. The minimum Gasteiger partial charge on any atom is -0.452 e. The molecule has 1 heterocycles. The van der Waals surface area contributed by atoms with Crippen molar-refractivity contribution in [2.45, 2.75) is 26.2 Å². The highest BCUT2D eigenvalue weighted by molar-refractivity contribution is 6.22. The molecule has 4 atom stereocenters. The highest BCUT2D eigenvalue weighted by atomic mass is 16.5. The van der Waals surface area contributed by atoms with Crippen molar-refractivity contribution in [3.63, 3.8) is 0 Å². The van der Waals surface area contributed by atoms with Crippen LogP contribution in [0.4, 0.5) is 11.4 Å². The number of aryl methyl sites for hydroxylation is 1. The van der Waals surface area contributed by atoms with Gasteiger partial charge in [-0.15, -0.1) is 0 Å². The van der Waals surface area contributed by atoms with Crippen molar-refractivity contribution in [1.82, 2.24) is 0 Å². The van der Waals surface area contributed by atoms with Crippen molar-refractivity contribution in [2.24, 2.45) is 23.7 Å². The zero-order valence-electron chi connectivity index (χ0n) is 17.7. The Labute approximate surface area is 185 Å². The second kappa shape index (κ2) is 7.89. The van der Waals surface area contributed by atoms with Crippen LogP contribution in [0.25, 0.3) is 0 Å². The molecule has 0 spiro atoms. The first-order valence-corrected chi connectivity index (χ1v) is 10.9. The summed E-state index contributed by atoms with van der Waals surface area (Å²) in [7, 11) is 0. The lowest BCUT2D eigenvalue weighted by Crippen LogP contribution is -2.32. The maximum Gasteiger partial charge on any atom is 0.338 e. The fourth-order valence-corrected chi connectivity index (χ4v) is 5.46. The molecule has 7 nitrogen and oxygen atoms in total. The van der Waals surface area contributed by atoms with Gasteiger partial charge in [0, 0.05) is 5.69 Å². The summed E-state index contributed by atoms with van der Waals surface area (Å²) in [6.45, 7) is 1.54. The van der Waals surface area contributed by atoms with Crippen molar-refractivity contribution in [2.75, 3.05) is 16.8 Å². The highest BCUT2D eigenvalue weighted by Crippen LogP contribution is 2.56. The number of imide groups is 1. The first kappa shape index (κ1) is 20.4. The number of hydrogen-bond acceptors (Lipinski definition) is 5. The van der Waals surface area contributed by atoms with Gasteiger partial charge < -0.3 is 10.1 Å². The number of rotatable bonds is 5. The molecule has 2 aromatic rings. The minimum absolute atomic E-state index is 0.115. The number of ether oxygens (including phenoxy) is 1. The average Bonchev–Trinajstić information content (AvgIpc) is 3.47. The smallest absolute Gasteiger partial charge is 0.338 e. The van der Waals surface area contributed by atoms with Crippen LogP contribution in [0.5, 0.6) is 0 Å². The Morgan fingerprint density at radius 3 is 2.12 bits per heavy atom. The molecule has 164 valence electrons. The third-order valence-electron chi connectivity index (χ3n) is 6.96. The molecular formula is C25H24N2O5. The van der Waals surface area contributed by atoms with Crippen LogP contribution in [0, 0.1) is 30.6 Å². The number of carbonyl (C=O) groups is 4. The van der Waals surface area contributed by atoms with Crippen molar-refractivity contribution >= 4 is 35.1 Å². The quantitative estimate of drug-likeness (QED) is 0.578. The SMILES string of the molecule is Cc1ccc(NC(=O)COC(=O)c2ccc(N3C(=O)[C@@H]4[C@H]5CC[C@@H](C5)[C@H]4C3=O)cc2)cc1. The summed E-state index contributed by atoms with van der Waals surface area (Å²) >= 11 is 0. The Morgan fingerprint density at radius 2 is 1.53 bits per heavy atom. The number of anilines is 2. The number of amides is 3. The second-order valence-electron chi connectivity index (χ2n) is 8.93. The molecule has 2 saturated carbocycles. The summed E-state index contributed by atoms with van der Waals surface area (Å²) in [6, 6.07) is 13.5. The number of nitrogens with one attached hydrogen (secondary N) is 1. The van der Waals surface area contributed by atoms with Gasteiger partial charge in [-0.3, -0.25) is 19.3 Å². The topological polar surface area (TPSA) is 92.8 Å². The van der Waals surface area contributed by atoms with Crippen LogP contribution >= 0.6 is 0 Å².